The Morgan fingerprint density at radius 2 is 2.00 bits per heavy atom. The van der Waals surface area contributed by atoms with E-state index < -0.39 is 17.6 Å². The van der Waals surface area contributed by atoms with Crippen LogP contribution in [0.3, 0.4) is 0 Å². The summed E-state index contributed by atoms with van der Waals surface area (Å²) in [7, 11) is 1.87. The van der Waals surface area contributed by atoms with E-state index in [1.165, 1.54) is 6.07 Å². The molecule has 0 aliphatic carbocycles. The molecule has 0 aromatic heterocycles. The summed E-state index contributed by atoms with van der Waals surface area (Å²) in [4.78, 5) is 2.06. The fourth-order valence-electron chi connectivity index (χ4n) is 2.60. The van der Waals surface area contributed by atoms with Crippen LogP contribution in [-0.4, -0.2) is 31.1 Å². The molecule has 2 rings (SSSR count). The van der Waals surface area contributed by atoms with Gasteiger partial charge in [0.1, 0.15) is 5.82 Å². The first-order chi connectivity index (χ1) is 9.38. The Hall–Kier alpha value is -0.850. The molecule has 1 atom stereocenters. The molecule has 7 heteroatoms. The van der Waals surface area contributed by atoms with Crippen LogP contribution in [0.15, 0.2) is 18.2 Å². The largest absolute Gasteiger partial charge is 0.416 e. The molecule has 0 spiro atoms. The molecule has 21 heavy (non-hydrogen) atoms. The van der Waals surface area contributed by atoms with E-state index >= 15 is 0 Å². The third kappa shape index (κ3) is 5.13. The number of nitrogens with zero attached hydrogens (tertiary/aromatic N) is 1. The minimum atomic E-state index is -4.51. The van der Waals surface area contributed by atoms with Crippen molar-refractivity contribution in [2.75, 3.05) is 20.1 Å². The van der Waals surface area contributed by atoms with Crippen molar-refractivity contribution < 1.29 is 17.6 Å². The van der Waals surface area contributed by atoms with Crippen LogP contribution in [0.1, 0.15) is 24.0 Å². The number of hydrogen-bond acceptors (Lipinski definition) is 2. The molecule has 1 heterocycles. The summed E-state index contributed by atoms with van der Waals surface area (Å²) >= 11 is 0. The van der Waals surface area contributed by atoms with Crippen LogP contribution in [0.25, 0.3) is 0 Å². The topological polar surface area (TPSA) is 15.3 Å². The van der Waals surface area contributed by atoms with Crippen molar-refractivity contribution in [1.29, 1.82) is 0 Å². The van der Waals surface area contributed by atoms with Gasteiger partial charge in [0.25, 0.3) is 0 Å². The third-order valence-corrected chi connectivity index (χ3v) is 3.60. The van der Waals surface area contributed by atoms with Crippen molar-refractivity contribution in [3.05, 3.63) is 35.1 Å². The molecular weight excluding hydrogens is 308 g/mol. The minimum Gasteiger partial charge on any atom is -0.316 e. The number of rotatable bonds is 3. The van der Waals surface area contributed by atoms with Gasteiger partial charge in [-0.1, -0.05) is 0 Å². The highest BCUT2D eigenvalue weighted by Gasteiger charge is 2.31. The first kappa shape index (κ1) is 18.2. The molecule has 1 unspecified atom stereocenters. The highest BCUT2D eigenvalue weighted by Crippen LogP contribution is 2.30. The molecule has 2 nitrogen and oxygen atoms in total. The second-order valence-corrected chi connectivity index (χ2v) is 5.21. The standard InChI is InChI=1S/C14H18F4N2.ClH/c1-19-13-3-2-4-20(9-13)8-10-5-11(14(16,17)18)7-12(15)6-10;/h5-7,13,19H,2-4,8-9H2,1H3;1H. The Morgan fingerprint density at radius 3 is 2.62 bits per heavy atom. The van der Waals surface area contributed by atoms with Gasteiger partial charge in [-0.25, -0.2) is 4.39 Å². The molecular formula is C14H19ClF4N2. The predicted molar refractivity (Wildman–Crippen MR) is 76.0 cm³/mol. The summed E-state index contributed by atoms with van der Waals surface area (Å²) in [6.45, 7) is 1.95. The van der Waals surface area contributed by atoms with Gasteiger partial charge in [0.2, 0.25) is 0 Å². The second-order valence-electron chi connectivity index (χ2n) is 5.21. The molecule has 0 amide bonds. The molecule has 120 valence electrons. The van der Waals surface area contributed by atoms with Gasteiger partial charge in [-0.05, 0) is 50.2 Å². The third-order valence-electron chi connectivity index (χ3n) is 3.60. The van der Waals surface area contributed by atoms with E-state index in [0.717, 1.165) is 32.0 Å². The van der Waals surface area contributed by atoms with Crippen molar-refractivity contribution in [2.24, 2.45) is 0 Å². The Labute approximate surface area is 127 Å². The number of likely N-dealkylation sites (N-methyl/N-ethyl adjacent to an activating group) is 1. The lowest BCUT2D eigenvalue weighted by molar-refractivity contribution is -0.137. The van der Waals surface area contributed by atoms with Crippen molar-refractivity contribution in [3.8, 4) is 0 Å². The van der Waals surface area contributed by atoms with E-state index in [1.54, 1.807) is 0 Å². The highest BCUT2D eigenvalue weighted by atomic mass is 35.5. The second kappa shape index (κ2) is 7.42. The molecule has 0 bridgehead atoms. The molecule has 1 aliphatic rings. The zero-order valence-corrected chi connectivity index (χ0v) is 12.5. The van der Waals surface area contributed by atoms with Crippen molar-refractivity contribution >= 4 is 12.4 Å². The smallest absolute Gasteiger partial charge is 0.316 e. The molecule has 0 saturated carbocycles. The van der Waals surface area contributed by atoms with Gasteiger partial charge >= 0.3 is 6.18 Å². The van der Waals surface area contributed by atoms with Crippen LogP contribution < -0.4 is 5.32 Å². The van der Waals surface area contributed by atoms with Crippen LogP contribution in [0, 0.1) is 5.82 Å². The lowest BCUT2D eigenvalue weighted by atomic mass is 10.0. The maximum atomic E-state index is 13.3. The Kier molecular flexibility index (Phi) is 6.43. The molecule has 1 saturated heterocycles. The first-order valence-corrected chi connectivity index (χ1v) is 6.65. The normalized spacial score (nSPS) is 20.1. The first-order valence-electron chi connectivity index (χ1n) is 6.65. The van der Waals surface area contributed by atoms with E-state index in [-0.39, 0.29) is 12.4 Å². The Morgan fingerprint density at radius 1 is 1.29 bits per heavy atom. The Balaban J connectivity index is 0.00000220. The molecule has 1 N–H and O–H groups in total. The minimum absolute atomic E-state index is 0. The summed E-state index contributed by atoms with van der Waals surface area (Å²) in [5.74, 6) is -0.836. The number of nitrogens with one attached hydrogen (secondary N) is 1. The van der Waals surface area contributed by atoms with Crippen LogP contribution in [0.5, 0.6) is 0 Å². The number of halogens is 5. The number of piperidine rings is 1. The highest BCUT2D eigenvalue weighted by molar-refractivity contribution is 5.85. The maximum absolute atomic E-state index is 13.3. The van der Waals surface area contributed by atoms with Crippen molar-refractivity contribution in [3.63, 3.8) is 0 Å². The van der Waals surface area contributed by atoms with Crippen LogP contribution >= 0.6 is 12.4 Å². The lowest BCUT2D eigenvalue weighted by Crippen LogP contribution is -2.43. The van der Waals surface area contributed by atoms with Crippen LogP contribution in [0.4, 0.5) is 17.6 Å². The molecule has 1 aromatic carbocycles. The lowest BCUT2D eigenvalue weighted by Gasteiger charge is -2.32. The van der Waals surface area contributed by atoms with Gasteiger partial charge in [0, 0.05) is 19.1 Å². The number of benzene rings is 1. The van der Waals surface area contributed by atoms with Gasteiger partial charge in [0.05, 0.1) is 5.56 Å². The predicted octanol–water partition coefficient (Wildman–Crippen LogP) is 3.45. The fraction of sp³-hybridized carbons (Fsp3) is 0.571. The van der Waals surface area contributed by atoms with Gasteiger partial charge in [-0.2, -0.15) is 13.2 Å². The van der Waals surface area contributed by atoms with E-state index in [4.69, 9.17) is 0 Å². The number of likely N-dealkylation sites (tertiary alicyclic amines) is 1. The molecule has 1 aliphatic heterocycles. The van der Waals surface area contributed by atoms with Gasteiger partial charge in [-0.15, -0.1) is 12.4 Å². The zero-order valence-electron chi connectivity index (χ0n) is 11.7. The number of hydrogen-bond donors (Lipinski definition) is 1. The number of alkyl halides is 3. The summed E-state index contributed by atoms with van der Waals surface area (Å²) in [6.07, 6.45) is -2.46. The van der Waals surface area contributed by atoms with Crippen molar-refractivity contribution in [2.45, 2.75) is 31.6 Å². The van der Waals surface area contributed by atoms with E-state index in [0.29, 0.717) is 24.2 Å². The summed E-state index contributed by atoms with van der Waals surface area (Å²) in [5.41, 5.74) is -0.552. The van der Waals surface area contributed by atoms with Gasteiger partial charge in [-0.3, -0.25) is 4.90 Å². The van der Waals surface area contributed by atoms with E-state index in [2.05, 4.69) is 10.2 Å². The molecule has 1 fully saturated rings. The monoisotopic (exact) mass is 326 g/mol. The zero-order chi connectivity index (χ0) is 14.8. The maximum Gasteiger partial charge on any atom is 0.416 e. The summed E-state index contributed by atoms with van der Waals surface area (Å²) in [6, 6.07) is 3.10. The quantitative estimate of drug-likeness (QED) is 0.856. The van der Waals surface area contributed by atoms with Crippen LogP contribution in [-0.2, 0) is 12.7 Å². The van der Waals surface area contributed by atoms with Crippen LogP contribution in [0.2, 0.25) is 0 Å². The van der Waals surface area contributed by atoms with Gasteiger partial charge < -0.3 is 5.32 Å². The van der Waals surface area contributed by atoms with E-state index in [9.17, 15) is 17.6 Å². The summed E-state index contributed by atoms with van der Waals surface area (Å²) < 4.78 is 51.3. The average molecular weight is 327 g/mol. The molecule has 1 aromatic rings. The van der Waals surface area contributed by atoms with E-state index in [1.807, 2.05) is 7.05 Å². The molecule has 0 radical (unpaired) electrons. The van der Waals surface area contributed by atoms with Crippen molar-refractivity contribution in [1.82, 2.24) is 10.2 Å². The van der Waals surface area contributed by atoms with Gasteiger partial charge in [0.15, 0.2) is 0 Å². The summed E-state index contributed by atoms with van der Waals surface area (Å²) in [5, 5.41) is 3.17. The Bertz CT molecular complexity index is 465. The SMILES string of the molecule is CNC1CCCN(Cc2cc(F)cc(C(F)(F)F)c2)C1.Cl. The fourth-order valence-corrected chi connectivity index (χ4v) is 2.60. The average Bonchev–Trinajstić information content (AvgIpc) is 2.37.